The molecule has 1 unspecified atom stereocenters. The highest BCUT2D eigenvalue weighted by Crippen LogP contribution is 2.22. The largest absolute Gasteiger partial charge is 0.490 e. The lowest BCUT2D eigenvalue weighted by molar-refractivity contribution is 0.184. The summed E-state index contributed by atoms with van der Waals surface area (Å²) in [7, 11) is 2.10. The Morgan fingerprint density at radius 1 is 1.17 bits per heavy atom. The molecule has 2 aromatic heterocycles. The van der Waals surface area contributed by atoms with Gasteiger partial charge in [-0.1, -0.05) is 42.5 Å². The SMILES string of the molecule is CN1CCCC1COc1nc(O)c2ncc(Cc3ccc4ccccc4c3)n2n1. The molecule has 1 saturated heterocycles. The molecular formula is C22H23N5O2. The third kappa shape index (κ3) is 3.49. The topological polar surface area (TPSA) is 75.8 Å². The van der Waals surface area contributed by atoms with Crippen LogP contribution in [0.25, 0.3) is 16.4 Å². The van der Waals surface area contributed by atoms with Crippen LogP contribution in [0.15, 0.2) is 48.7 Å². The van der Waals surface area contributed by atoms with Crippen molar-refractivity contribution in [1.82, 2.24) is 24.5 Å². The second-order valence-electron chi connectivity index (χ2n) is 7.65. The van der Waals surface area contributed by atoms with Gasteiger partial charge in [-0.3, -0.25) is 0 Å². The van der Waals surface area contributed by atoms with Crippen LogP contribution in [0.4, 0.5) is 0 Å². The molecule has 1 aliphatic rings. The fourth-order valence-corrected chi connectivity index (χ4v) is 3.99. The number of rotatable bonds is 5. The molecule has 4 aromatic rings. The number of aromatic hydroxyl groups is 1. The van der Waals surface area contributed by atoms with E-state index in [9.17, 15) is 5.11 Å². The first kappa shape index (κ1) is 17.9. The zero-order chi connectivity index (χ0) is 19.8. The summed E-state index contributed by atoms with van der Waals surface area (Å²) in [6, 6.07) is 15.2. The summed E-state index contributed by atoms with van der Waals surface area (Å²) in [5.74, 6) is -0.167. The van der Waals surface area contributed by atoms with Gasteiger partial charge in [0.15, 0.2) is 0 Å². The lowest BCUT2D eigenvalue weighted by atomic mass is 10.0. The summed E-state index contributed by atoms with van der Waals surface area (Å²) in [6.45, 7) is 1.59. The molecule has 1 N–H and O–H groups in total. The molecule has 2 aromatic carbocycles. The first-order valence-corrected chi connectivity index (χ1v) is 9.92. The zero-order valence-corrected chi connectivity index (χ0v) is 16.3. The molecule has 3 heterocycles. The molecule has 7 heteroatoms. The quantitative estimate of drug-likeness (QED) is 0.565. The average Bonchev–Trinajstić information content (AvgIpc) is 3.33. The number of hydrogen-bond acceptors (Lipinski definition) is 6. The first-order valence-electron chi connectivity index (χ1n) is 9.92. The number of likely N-dealkylation sites (tertiary alicyclic amines) is 1. The predicted molar refractivity (Wildman–Crippen MR) is 110 cm³/mol. The van der Waals surface area contributed by atoms with Crippen molar-refractivity contribution in [2.45, 2.75) is 25.3 Å². The number of nitrogens with zero attached hydrogens (tertiary/aromatic N) is 5. The normalized spacial score (nSPS) is 17.3. The Labute approximate surface area is 168 Å². The van der Waals surface area contributed by atoms with Gasteiger partial charge in [0.25, 0.3) is 5.88 Å². The van der Waals surface area contributed by atoms with E-state index in [2.05, 4.69) is 57.3 Å². The average molecular weight is 389 g/mol. The molecule has 7 nitrogen and oxygen atoms in total. The van der Waals surface area contributed by atoms with Crippen LogP contribution in [0.1, 0.15) is 24.1 Å². The maximum atomic E-state index is 10.3. The number of ether oxygens (including phenoxy) is 1. The number of benzene rings is 2. The summed E-state index contributed by atoms with van der Waals surface area (Å²) in [5.41, 5.74) is 2.36. The van der Waals surface area contributed by atoms with Crippen molar-refractivity contribution >= 4 is 16.4 Å². The van der Waals surface area contributed by atoms with Gasteiger partial charge in [0.05, 0.1) is 11.9 Å². The molecule has 0 saturated carbocycles. The van der Waals surface area contributed by atoms with Crippen LogP contribution in [-0.4, -0.2) is 55.8 Å². The molecule has 148 valence electrons. The minimum atomic E-state index is -0.167. The van der Waals surface area contributed by atoms with Gasteiger partial charge in [-0.15, -0.1) is 5.10 Å². The van der Waals surface area contributed by atoms with Gasteiger partial charge in [0.2, 0.25) is 5.65 Å². The summed E-state index contributed by atoms with van der Waals surface area (Å²) in [5, 5.41) is 17.2. The van der Waals surface area contributed by atoms with Gasteiger partial charge in [-0.2, -0.15) is 4.98 Å². The van der Waals surface area contributed by atoms with Crippen molar-refractivity contribution in [2.75, 3.05) is 20.2 Å². The smallest absolute Gasteiger partial charge is 0.337 e. The van der Waals surface area contributed by atoms with Crippen LogP contribution < -0.4 is 4.74 Å². The van der Waals surface area contributed by atoms with Crippen molar-refractivity contribution in [3.63, 3.8) is 0 Å². The van der Waals surface area contributed by atoms with Crippen LogP contribution in [0.5, 0.6) is 11.9 Å². The summed E-state index contributed by atoms with van der Waals surface area (Å²) in [4.78, 5) is 10.6. The van der Waals surface area contributed by atoms with Gasteiger partial charge in [-0.05, 0) is 42.8 Å². The Balaban J connectivity index is 1.42. The summed E-state index contributed by atoms with van der Waals surface area (Å²) in [6.07, 6.45) is 4.65. The maximum Gasteiger partial charge on any atom is 0.337 e. The third-order valence-corrected chi connectivity index (χ3v) is 5.67. The van der Waals surface area contributed by atoms with Crippen LogP contribution in [0.2, 0.25) is 0 Å². The van der Waals surface area contributed by atoms with Gasteiger partial charge in [0.1, 0.15) is 6.61 Å². The molecule has 29 heavy (non-hydrogen) atoms. The van der Waals surface area contributed by atoms with E-state index in [1.54, 1.807) is 10.7 Å². The van der Waals surface area contributed by atoms with Gasteiger partial charge in [-0.25, -0.2) is 9.50 Å². The summed E-state index contributed by atoms with van der Waals surface area (Å²) >= 11 is 0. The lowest BCUT2D eigenvalue weighted by Gasteiger charge is -2.18. The minimum absolute atomic E-state index is 0.167. The molecule has 0 bridgehead atoms. The molecule has 1 fully saturated rings. The highest BCUT2D eigenvalue weighted by atomic mass is 16.5. The first-order chi connectivity index (χ1) is 14.2. The predicted octanol–water partition coefficient (Wildman–Crippen LogP) is 3.05. The monoisotopic (exact) mass is 389 g/mol. The van der Waals surface area contributed by atoms with Crippen LogP contribution >= 0.6 is 0 Å². The molecule has 0 spiro atoms. The van der Waals surface area contributed by atoms with E-state index < -0.39 is 0 Å². The van der Waals surface area contributed by atoms with Crippen molar-refractivity contribution < 1.29 is 9.84 Å². The number of aromatic nitrogens is 4. The number of likely N-dealkylation sites (N-methyl/N-ethyl adjacent to an activating group) is 1. The minimum Gasteiger partial charge on any atom is -0.490 e. The van der Waals surface area contributed by atoms with E-state index in [1.807, 2.05) is 12.1 Å². The van der Waals surface area contributed by atoms with E-state index in [4.69, 9.17) is 4.74 Å². The summed E-state index contributed by atoms with van der Waals surface area (Å²) < 4.78 is 7.44. The third-order valence-electron chi connectivity index (χ3n) is 5.67. The Morgan fingerprint density at radius 3 is 2.86 bits per heavy atom. The van der Waals surface area contributed by atoms with Crippen LogP contribution in [0.3, 0.4) is 0 Å². The molecule has 5 rings (SSSR count). The molecule has 1 aliphatic heterocycles. The highest BCUT2D eigenvalue weighted by molar-refractivity contribution is 5.83. The molecule has 0 radical (unpaired) electrons. The Morgan fingerprint density at radius 2 is 2.03 bits per heavy atom. The van der Waals surface area contributed by atoms with Crippen molar-refractivity contribution in [3.8, 4) is 11.9 Å². The van der Waals surface area contributed by atoms with Gasteiger partial charge in [0, 0.05) is 12.5 Å². The Kier molecular flexibility index (Phi) is 4.52. The van der Waals surface area contributed by atoms with E-state index in [-0.39, 0.29) is 11.9 Å². The fraction of sp³-hybridized carbons (Fsp3) is 0.318. The van der Waals surface area contributed by atoms with Crippen molar-refractivity contribution in [3.05, 3.63) is 59.9 Å². The fourth-order valence-electron chi connectivity index (χ4n) is 3.99. The maximum absolute atomic E-state index is 10.3. The molecule has 1 atom stereocenters. The van der Waals surface area contributed by atoms with Crippen LogP contribution in [-0.2, 0) is 6.42 Å². The Hall–Kier alpha value is -3.19. The van der Waals surface area contributed by atoms with Crippen LogP contribution in [0, 0.1) is 0 Å². The highest BCUT2D eigenvalue weighted by Gasteiger charge is 2.22. The number of imidazole rings is 1. The van der Waals surface area contributed by atoms with E-state index in [0.717, 1.165) is 24.2 Å². The van der Waals surface area contributed by atoms with E-state index >= 15 is 0 Å². The second-order valence-corrected chi connectivity index (χ2v) is 7.65. The van der Waals surface area contributed by atoms with Crippen molar-refractivity contribution in [1.29, 1.82) is 0 Å². The number of fused-ring (bicyclic) bond motifs is 2. The van der Waals surface area contributed by atoms with Gasteiger partial charge >= 0.3 is 6.01 Å². The van der Waals surface area contributed by atoms with Gasteiger partial charge < -0.3 is 14.7 Å². The van der Waals surface area contributed by atoms with E-state index in [0.29, 0.717) is 24.7 Å². The Bertz CT molecular complexity index is 1170. The standard InChI is InChI=1S/C22H23N5O2/c1-26-10-4-7-18(26)14-29-22-24-21(28)20-23-13-19(27(20)25-22)12-15-8-9-16-5-2-3-6-17(16)11-15/h2-3,5-6,8-9,11,13,18H,4,7,10,12,14H2,1H3,(H,24,25,28). The molecule has 0 amide bonds. The van der Waals surface area contributed by atoms with E-state index in [1.165, 1.54) is 17.2 Å². The van der Waals surface area contributed by atoms with Crippen molar-refractivity contribution in [2.24, 2.45) is 0 Å². The lowest BCUT2D eigenvalue weighted by Crippen LogP contribution is -2.31. The number of hydrogen-bond donors (Lipinski definition) is 1. The second kappa shape index (κ2) is 7.33. The molecular weight excluding hydrogens is 366 g/mol. The molecule has 0 aliphatic carbocycles. The zero-order valence-electron chi connectivity index (χ0n) is 16.3.